The Morgan fingerprint density at radius 2 is 1.74 bits per heavy atom. The van der Waals surface area contributed by atoms with Crippen molar-refractivity contribution in [3.05, 3.63) is 53.4 Å². The lowest BCUT2D eigenvalue weighted by atomic mass is 9.81. The maximum atomic E-state index is 13.5. The molecule has 43 heavy (non-hydrogen) atoms. The number of hydrogen-bond acceptors (Lipinski definition) is 7. The number of aromatic nitrogens is 1. The number of amides is 4. The highest BCUT2D eigenvalue weighted by Crippen LogP contribution is 2.35. The minimum absolute atomic E-state index is 0.0547. The first-order chi connectivity index (χ1) is 20.6. The third-order valence-electron chi connectivity index (χ3n) is 7.90. The van der Waals surface area contributed by atoms with Crippen LogP contribution < -0.4 is 10.6 Å². The zero-order valence-corrected chi connectivity index (χ0v) is 25.6. The van der Waals surface area contributed by atoms with E-state index in [1.54, 1.807) is 61.5 Å². The number of benzene rings is 1. The Balaban J connectivity index is 1.61. The van der Waals surface area contributed by atoms with Crippen molar-refractivity contribution in [1.29, 1.82) is 0 Å². The van der Waals surface area contributed by atoms with E-state index >= 15 is 0 Å². The molecule has 230 valence electrons. The molecule has 1 aliphatic rings. The molecule has 0 radical (unpaired) electrons. The van der Waals surface area contributed by atoms with Crippen molar-refractivity contribution >= 4 is 46.1 Å². The Hall–Kier alpha value is -4.25. The molecular formula is C32H41N5O6. The van der Waals surface area contributed by atoms with Gasteiger partial charge in [-0.05, 0) is 68.9 Å². The van der Waals surface area contributed by atoms with Crippen molar-refractivity contribution in [1.82, 2.24) is 14.8 Å². The summed E-state index contributed by atoms with van der Waals surface area (Å²) < 4.78 is 11.1. The summed E-state index contributed by atoms with van der Waals surface area (Å²) in [6, 6.07) is 8.79. The first-order valence-corrected chi connectivity index (χ1v) is 14.7. The molecule has 0 unspecified atom stereocenters. The van der Waals surface area contributed by atoms with Gasteiger partial charge in [0.2, 0.25) is 23.5 Å². The fourth-order valence-corrected chi connectivity index (χ4v) is 5.39. The van der Waals surface area contributed by atoms with Crippen LogP contribution in [0.15, 0.2) is 40.9 Å². The predicted octanol–water partition coefficient (Wildman–Crippen LogP) is 4.26. The van der Waals surface area contributed by atoms with Crippen molar-refractivity contribution in [2.75, 3.05) is 51.5 Å². The molecule has 0 saturated heterocycles. The number of nitrogens with zero attached hydrogens (tertiary/aromatic N) is 3. The number of rotatable bonds is 11. The number of aryl methyl sites for hydroxylation is 1. The first-order valence-electron chi connectivity index (χ1n) is 14.7. The predicted molar refractivity (Wildman–Crippen MR) is 164 cm³/mol. The van der Waals surface area contributed by atoms with E-state index in [4.69, 9.17) is 9.15 Å². The van der Waals surface area contributed by atoms with Crippen LogP contribution in [-0.2, 0) is 25.5 Å². The molecule has 0 atom stereocenters. The third kappa shape index (κ3) is 7.78. The summed E-state index contributed by atoms with van der Waals surface area (Å²) in [6.45, 7) is 5.29. The molecule has 0 spiro atoms. The number of likely N-dealkylation sites (N-methyl/N-ethyl adjacent to an activating group) is 1. The first kappa shape index (κ1) is 31.7. The molecule has 0 aliphatic heterocycles. The fourth-order valence-electron chi connectivity index (χ4n) is 5.39. The second kappa shape index (κ2) is 14.3. The summed E-state index contributed by atoms with van der Waals surface area (Å²) in [5.74, 6) is -0.884. The molecule has 4 amide bonds. The van der Waals surface area contributed by atoms with Gasteiger partial charge < -0.3 is 29.6 Å². The topological polar surface area (TPSA) is 134 Å². The lowest BCUT2D eigenvalue weighted by Crippen LogP contribution is -2.35. The summed E-state index contributed by atoms with van der Waals surface area (Å²) >= 11 is 0. The number of methoxy groups -OCH3 is 1. The average Bonchev–Trinajstić information content (AvgIpc) is 3.35. The molecule has 2 aromatic heterocycles. The van der Waals surface area contributed by atoms with E-state index in [2.05, 4.69) is 15.6 Å². The van der Waals surface area contributed by atoms with Gasteiger partial charge in [0.05, 0.1) is 13.0 Å². The minimum atomic E-state index is -0.558. The van der Waals surface area contributed by atoms with E-state index in [1.165, 1.54) is 0 Å². The van der Waals surface area contributed by atoms with Crippen LogP contribution in [0.25, 0.3) is 11.0 Å². The number of carbonyl (C=O) groups excluding carboxylic acids is 4. The van der Waals surface area contributed by atoms with Crippen LogP contribution in [-0.4, -0.2) is 79.3 Å². The Labute approximate surface area is 251 Å². The molecule has 11 heteroatoms. The molecule has 1 saturated carbocycles. The summed E-state index contributed by atoms with van der Waals surface area (Å²) in [5, 5.41) is 6.24. The second-order valence-corrected chi connectivity index (χ2v) is 11.2. The van der Waals surface area contributed by atoms with Crippen molar-refractivity contribution in [2.24, 2.45) is 11.8 Å². The highest BCUT2D eigenvalue weighted by atomic mass is 16.5. The molecule has 1 aromatic carbocycles. The number of hydrogen-bond donors (Lipinski definition) is 2. The van der Waals surface area contributed by atoms with E-state index in [1.807, 2.05) is 19.9 Å². The van der Waals surface area contributed by atoms with Gasteiger partial charge in [0.15, 0.2) is 0 Å². The van der Waals surface area contributed by atoms with E-state index in [-0.39, 0.29) is 47.4 Å². The molecule has 1 fully saturated rings. The summed E-state index contributed by atoms with van der Waals surface area (Å²) in [4.78, 5) is 59.9. The van der Waals surface area contributed by atoms with Crippen LogP contribution >= 0.6 is 0 Å². The number of nitrogens with one attached hydrogen (secondary N) is 2. The van der Waals surface area contributed by atoms with Crippen LogP contribution in [0.1, 0.15) is 54.3 Å². The largest absolute Gasteiger partial charge is 0.449 e. The van der Waals surface area contributed by atoms with E-state index in [0.717, 1.165) is 11.1 Å². The highest BCUT2D eigenvalue weighted by Gasteiger charge is 2.32. The van der Waals surface area contributed by atoms with E-state index in [0.29, 0.717) is 62.2 Å². The minimum Gasteiger partial charge on any atom is -0.449 e. The maximum absolute atomic E-state index is 13.5. The summed E-state index contributed by atoms with van der Waals surface area (Å²) in [5.41, 5.74) is 2.32. The molecule has 2 N–H and O–H groups in total. The number of ether oxygens (including phenoxy) is 1. The molecule has 1 aliphatic carbocycles. The monoisotopic (exact) mass is 591 g/mol. The molecule has 3 aromatic rings. The van der Waals surface area contributed by atoms with Gasteiger partial charge in [-0.2, -0.15) is 0 Å². The van der Waals surface area contributed by atoms with Crippen LogP contribution in [0.3, 0.4) is 0 Å². The van der Waals surface area contributed by atoms with Crippen LogP contribution in [0.4, 0.5) is 11.5 Å². The van der Waals surface area contributed by atoms with Crippen molar-refractivity contribution in [3.8, 4) is 0 Å². The number of anilines is 2. The van der Waals surface area contributed by atoms with Crippen molar-refractivity contribution in [3.63, 3.8) is 0 Å². The highest BCUT2D eigenvalue weighted by molar-refractivity contribution is 6.14. The van der Waals surface area contributed by atoms with Crippen molar-refractivity contribution in [2.45, 2.75) is 46.0 Å². The Morgan fingerprint density at radius 1 is 1.02 bits per heavy atom. The number of carbonyl (C=O) groups is 4. The molecule has 0 bridgehead atoms. The van der Waals surface area contributed by atoms with E-state index < -0.39 is 5.91 Å². The zero-order valence-electron chi connectivity index (χ0n) is 25.6. The number of pyridine rings is 1. The van der Waals surface area contributed by atoms with Gasteiger partial charge in [0, 0.05) is 57.7 Å². The van der Waals surface area contributed by atoms with Gasteiger partial charge in [-0.15, -0.1) is 0 Å². The van der Waals surface area contributed by atoms with Crippen molar-refractivity contribution < 1.29 is 28.3 Å². The van der Waals surface area contributed by atoms with E-state index in [9.17, 15) is 19.2 Å². The summed E-state index contributed by atoms with van der Waals surface area (Å²) in [7, 11) is 5.08. The smallest absolute Gasteiger partial charge is 0.294 e. The quantitative estimate of drug-likeness (QED) is 0.340. The second-order valence-electron chi connectivity index (χ2n) is 11.2. The SMILES string of the molecule is CCN(CCOC)C(=O)Cc1ccc2oc(C(=O)Nc3ccc(C)cn3)c(NC(=O)C3CCC(C(=O)N(C)C)CC3)c2c1. The van der Waals surface area contributed by atoms with Gasteiger partial charge in [-0.1, -0.05) is 12.1 Å². The molecular weight excluding hydrogens is 550 g/mol. The lowest BCUT2D eigenvalue weighted by molar-refractivity contribution is -0.135. The van der Waals surface area contributed by atoms with Gasteiger partial charge in [0.1, 0.15) is 17.1 Å². The normalized spacial score (nSPS) is 16.5. The van der Waals surface area contributed by atoms with Crippen LogP contribution in [0, 0.1) is 18.8 Å². The Morgan fingerprint density at radius 3 is 2.37 bits per heavy atom. The average molecular weight is 592 g/mol. The van der Waals surface area contributed by atoms with Gasteiger partial charge in [0.25, 0.3) is 5.91 Å². The van der Waals surface area contributed by atoms with Crippen LogP contribution in [0.5, 0.6) is 0 Å². The Bertz CT molecular complexity index is 1460. The molecule has 4 rings (SSSR count). The standard InChI is InChI=1S/C32H41N5O6/c1-6-37(15-16-42-5)27(38)18-21-8-13-25-24(17-21)28(29(43-25)31(40)34-26-14-7-20(2)19-33-26)35-30(39)22-9-11-23(12-10-22)32(41)36(3)4/h7-8,13-14,17,19,22-23H,6,9-12,15-16,18H2,1-5H3,(H,35,39)(H,33,34,40). The number of fused-ring (bicyclic) bond motifs is 1. The third-order valence-corrected chi connectivity index (χ3v) is 7.90. The fraction of sp³-hybridized carbons (Fsp3) is 0.469. The molecule has 11 nitrogen and oxygen atoms in total. The maximum Gasteiger partial charge on any atom is 0.294 e. The number of furan rings is 1. The van der Waals surface area contributed by atoms with Gasteiger partial charge in [-0.25, -0.2) is 4.98 Å². The van der Waals surface area contributed by atoms with Gasteiger partial charge in [-0.3, -0.25) is 19.2 Å². The summed E-state index contributed by atoms with van der Waals surface area (Å²) in [6.07, 6.45) is 4.16. The Kier molecular flexibility index (Phi) is 10.5. The lowest BCUT2D eigenvalue weighted by Gasteiger charge is -2.28. The van der Waals surface area contributed by atoms with Gasteiger partial charge >= 0.3 is 0 Å². The molecule has 2 heterocycles. The zero-order chi connectivity index (χ0) is 31.1. The van der Waals surface area contributed by atoms with Crippen LogP contribution in [0.2, 0.25) is 0 Å².